The molecule has 0 aliphatic carbocycles. The van der Waals surface area contributed by atoms with E-state index in [0.717, 1.165) is 53.5 Å². The number of aryl methyl sites for hydroxylation is 3. The zero-order chi connectivity index (χ0) is 16.6. The Morgan fingerprint density at radius 1 is 1.39 bits per heavy atom. The third-order valence-electron chi connectivity index (χ3n) is 4.60. The Bertz CT molecular complexity index is 687. The molecule has 2 aromatic rings. The summed E-state index contributed by atoms with van der Waals surface area (Å²) in [4.78, 5) is 19.8. The normalized spacial score (nSPS) is 19.8. The summed E-state index contributed by atoms with van der Waals surface area (Å²) in [6.45, 7) is 8.52. The number of amides is 1. The van der Waals surface area contributed by atoms with Gasteiger partial charge in [-0.3, -0.25) is 4.79 Å². The highest BCUT2D eigenvalue weighted by Crippen LogP contribution is 2.36. The van der Waals surface area contributed by atoms with E-state index in [-0.39, 0.29) is 17.9 Å². The first-order valence-corrected chi connectivity index (χ1v) is 9.02. The maximum atomic E-state index is 13.1. The number of carbonyl (C=O) groups is 1. The second kappa shape index (κ2) is 6.43. The van der Waals surface area contributed by atoms with E-state index in [9.17, 15) is 4.79 Å². The molecule has 2 atom stereocenters. The summed E-state index contributed by atoms with van der Waals surface area (Å²) >= 11 is 1.66. The van der Waals surface area contributed by atoms with E-state index in [4.69, 9.17) is 4.52 Å². The van der Waals surface area contributed by atoms with Crippen LogP contribution < -0.4 is 0 Å². The second-order valence-electron chi connectivity index (χ2n) is 6.33. The number of hydrogen-bond donors (Lipinski definition) is 0. The molecule has 0 aromatic carbocycles. The fraction of sp³-hybridized carbons (Fsp3) is 0.588. The number of nitrogens with zero attached hydrogens (tertiary/aromatic N) is 3. The zero-order valence-corrected chi connectivity index (χ0v) is 14.9. The molecule has 1 aliphatic heterocycles. The highest BCUT2D eigenvalue weighted by molar-refractivity contribution is 7.09. The van der Waals surface area contributed by atoms with E-state index >= 15 is 0 Å². The van der Waals surface area contributed by atoms with Gasteiger partial charge < -0.3 is 9.42 Å². The van der Waals surface area contributed by atoms with E-state index in [1.54, 1.807) is 11.3 Å². The lowest BCUT2D eigenvalue weighted by atomic mass is 9.94. The van der Waals surface area contributed by atoms with Crippen LogP contribution in [0.4, 0.5) is 0 Å². The molecule has 3 heterocycles. The molecule has 1 aliphatic rings. The summed E-state index contributed by atoms with van der Waals surface area (Å²) in [7, 11) is 0. The number of rotatable bonds is 3. The molecule has 1 saturated heterocycles. The molecule has 3 rings (SSSR count). The van der Waals surface area contributed by atoms with E-state index in [0.29, 0.717) is 0 Å². The molecule has 0 N–H and O–H groups in total. The van der Waals surface area contributed by atoms with Gasteiger partial charge in [0.15, 0.2) is 0 Å². The first-order valence-electron chi connectivity index (χ1n) is 8.14. The highest BCUT2D eigenvalue weighted by atomic mass is 32.1. The van der Waals surface area contributed by atoms with Gasteiger partial charge in [-0.15, -0.1) is 11.3 Å². The first kappa shape index (κ1) is 16.2. The second-order valence-corrected chi connectivity index (χ2v) is 7.22. The van der Waals surface area contributed by atoms with Gasteiger partial charge in [-0.1, -0.05) is 5.16 Å². The number of carbonyl (C=O) groups excluding carboxylic acids is 1. The molecule has 0 radical (unpaired) electrons. The fourth-order valence-corrected chi connectivity index (χ4v) is 4.40. The molecule has 124 valence electrons. The van der Waals surface area contributed by atoms with Gasteiger partial charge in [-0.25, -0.2) is 4.98 Å². The van der Waals surface area contributed by atoms with Gasteiger partial charge in [-0.05, 0) is 47.0 Å². The molecule has 2 aromatic heterocycles. The number of piperidine rings is 1. The van der Waals surface area contributed by atoms with Gasteiger partial charge in [0, 0.05) is 23.2 Å². The molecule has 0 spiro atoms. The summed E-state index contributed by atoms with van der Waals surface area (Å²) in [6.07, 6.45) is 3.20. The van der Waals surface area contributed by atoms with E-state index in [1.165, 1.54) is 0 Å². The third-order valence-corrected chi connectivity index (χ3v) is 5.66. The van der Waals surface area contributed by atoms with Gasteiger partial charge in [0.25, 0.3) is 0 Å². The quantitative estimate of drug-likeness (QED) is 0.854. The van der Waals surface area contributed by atoms with Crippen LogP contribution in [0.2, 0.25) is 0 Å². The molecule has 0 bridgehead atoms. The number of aromatic nitrogens is 2. The van der Waals surface area contributed by atoms with Crippen molar-refractivity contribution in [2.45, 2.75) is 58.9 Å². The van der Waals surface area contributed by atoms with Crippen LogP contribution in [0.1, 0.15) is 65.9 Å². The zero-order valence-electron chi connectivity index (χ0n) is 14.1. The van der Waals surface area contributed by atoms with Crippen LogP contribution in [0.25, 0.3) is 0 Å². The van der Waals surface area contributed by atoms with Crippen molar-refractivity contribution in [2.75, 3.05) is 6.54 Å². The largest absolute Gasteiger partial charge is 0.361 e. The molecule has 2 unspecified atom stereocenters. The van der Waals surface area contributed by atoms with Crippen molar-refractivity contribution in [3.8, 4) is 0 Å². The summed E-state index contributed by atoms with van der Waals surface area (Å²) in [6, 6.07) is 0.109. The highest BCUT2D eigenvalue weighted by Gasteiger charge is 2.34. The Labute approximate surface area is 140 Å². The molecular weight excluding hydrogens is 310 g/mol. The summed E-state index contributed by atoms with van der Waals surface area (Å²) in [5.41, 5.74) is 2.76. The SMILES string of the molecule is Cc1csc(C2CCCCN2C(=O)C(C)c2c(C)noc2C)n1. The van der Waals surface area contributed by atoms with Crippen molar-refractivity contribution in [1.29, 1.82) is 0 Å². The molecule has 5 nitrogen and oxygen atoms in total. The Hall–Kier alpha value is -1.69. The minimum Gasteiger partial charge on any atom is -0.361 e. The average Bonchev–Trinajstić information content (AvgIpc) is 3.12. The van der Waals surface area contributed by atoms with Crippen LogP contribution in [-0.4, -0.2) is 27.5 Å². The number of thiazole rings is 1. The minimum absolute atomic E-state index is 0.109. The Morgan fingerprint density at radius 3 is 2.78 bits per heavy atom. The molecule has 23 heavy (non-hydrogen) atoms. The predicted octanol–water partition coefficient (Wildman–Crippen LogP) is 3.91. The van der Waals surface area contributed by atoms with Crippen LogP contribution >= 0.6 is 11.3 Å². The third kappa shape index (κ3) is 3.04. The van der Waals surface area contributed by atoms with E-state index < -0.39 is 0 Å². The maximum Gasteiger partial charge on any atom is 0.230 e. The average molecular weight is 333 g/mol. The summed E-state index contributed by atoms with van der Waals surface area (Å²) < 4.78 is 5.24. The molecule has 6 heteroatoms. The predicted molar refractivity (Wildman–Crippen MR) is 89.5 cm³/mol. The summed E-state index contributed by atoms with van der Waals surface area (Å²) in [5, 5.41) is 7.11. The maximum absolute atomic E-state index is 13.1. The topological polar surface area (TPSA) is 59.2 Å². The van der Waals surface area contributed by atoms with E-state index in [2.05, 4.69) is 15.5 Å². The van der Waals surface area contributed by atoms with Crippen molar-refractivity contribution in [3.05, 3.63) is 33.1 Å². The van der Waals surface area contributed by atoms with Crippen molar-refractivity contribution >= 4 is 17.2 Å². The van der Waals surface area contributed by atoms with Crippen LogP contribution in [0.15, 0.2) is 9.90 Å². The lowest BCUT2D eigenvalue weighted by Crippen LogP contribution is -2.40. The van der Waals surface area contributed by atoms with Crippen molar-refractivity contribution in [3.63, 3.8) is 0 Å². The standard InChI is InChI=1S/C17H23N3O2S/c1-10-9-23-16(18-10)14-7-5-6-8-20(14)17(21)11(2)15-12(3)19-22-13(15)4/h9,11,14H,5-8H2,1-4H3. The van der Waals surface area contributed by atoms with Gasteiger partial charge in [0.2, 0.25) is 5.91 Å². The van der Waals surface area contributed by atoms with Gasteiger partial charge in [0.1, 0.15) is 10.8 Å². The number of hydrogen-bond acceptors (Lipinski definition) is 5. The molecule has 0 saturated carbocycles. The van der Waals surface area contributed by atoms with Crippen LogP contribution in [0.3, 0.4) is 0 Å². The van der Waals surface area contributed by atoms with Crippen LogP contribution in [0.5, 0.6) is 0 Å². The van der Waals surface area contributed by atoms with Crippen molar-refractivity contribution in [1.82, 2.24) is 15.0 Å². The molecule has 1 fully saturated rings. The Balaban J connectivity index is 1.87. The summed E-state index contributed by atoms with van der Waals surface area (Å²) in [5.74, 6) is 0.655. The lowest BCUT2D eigenvalue weighted by Gasteiger charge is -2.36. The Kier molecular flexibility index (Phi) is 4.53. The van der Waals surface area contributed by atoms with Gasteiger partial charge in [-0.2, -0.15) is 0 Å². The molecule has 1 amide bonds. The monoisotopic (exact) mass is 333 g/mol. The minimum atomic E-state index is -0.233. The van der Waals surface area contributed by atoms with Gasteiger partial charge >= 0.3 is 0 Å². The first-order chi connectivity index (χ1) is 11.0. The van der Waals surface area contributed by atoms with E-state index in [1.807, 2.05) is 32.6 Å². The molecular formula is C17H23N3O2S. The van der Waals surface area contributed by atoms with Crippen LogP contribution in [0, 0.1) is 20.8 Å². The lowest BCUT2D eigenvalue weighted by molar-refractivity contribution is -0.136. The van der Waals surface area contributed by atoms with Crippen LogP contribution in [-0.2, 0) is 4.79 Å². The van der Waals surface area contributed by atoms with Crippen molar-refractivity contribution in [2.24, 2.45) is 0 Å². The Morgan fingerprint density at radius 2 is 2.17 bits per heavy atom. The van der Waals surface area contributed by atoms with Gasteiger partial charge in [0.05, 0.1) is 17.7 Å². The number of likely N-dealkylation sites (tertiary alicyclic amines) is 1. The van der Waals surface area contributed by atoms with Crippen molar-refractivity contribution < 1.29 is 9.32 Å². The fourth-order valence-electron chi connectivity index (χ4n) is 3.46. The smallest absolute Gasteiger partial charge is 0.230 e.